The van der Waals surface area contributed by atoms with Crippen molar-refractivity contribution >= 4 is 39.4 Å². The number of fused-ring (bicyclic) bond motifs is 7. The number of likely N-dealkylation sites (N-methyl/N-ethyl adjacent to an activating group) is 1. The summed E-state index contributed by atoms with van der Waals surface area (Å²) in [5.41, 5.74) is 16.0. The lowest BCUT2D eigenvalue weighted by Crippen LogP contribution is -2.47. The SMILES string of the molecule is CN1C(N2C3=C(C=CCC3)C3=C(c4ccccc42)N(c2ccc4ccccc4c2)[C@@H]2C=CC=CC32)=NC2=C(CCCC2)C1c1ccc(C2=CC=CC3C=CC=CC23)cc1. The van der Waals surface area contributed by atoms with Crippen molar-refractivity contribution in [2.45, 2.75) is 50.6 Å². The largest absolute Gasteiger partial charge is 0.334 e. The van der Waals surface area contributed by atoms with E-state index in [4.69, 9.17) is 4.99 Å². The standard InChI is InChI=1S/C55H48N4/c1-57-53(39-31-29-38(30-32-39)43-24-14-18-37-16-4-5-19-42(37)43)44-20-6-10-25-48(44)56-55(57)59-50-27-12-8-22-46(50)52-45-21-7-11-26-49(45)58(54(52)47-23-9-13-28-51(47)59)41-34-33-36-15-2-3-17-40(36)35-41/h2-5,7-9,11,13-19,21-24,26,28-35,37,42,45,49,53H,6,10,12,20,25,27H2,1H3/t37?,42?,45?,49-,53?/m1/s1. The Morgan fingerprint density at radius 3 is 2.39 bits per heavy atom. The van der Waals surface area contributed by atoms with Gasteiger partial charge in [-0.3, -0.25) is 4.90 Å². The van der Waals surface area contributed by atoms with E-state index >= 15 is 0 Å². The summed E-state index contributed by atoms with van der Waals surface area (Å²) >= 11 is 0. The number of hydrogen-bond acceptors (Lipinski definition) is 4. The number of anilines is 2. The van der Waals surface area contributed by atoms with Gasteiger partial charge in [0.05, 0.1) is 23.5 Å². The fourth-order valence-electron chi connectivity index (χ4n) is 11.3. The number of aliphatic imine (C=N–C) groups is 1. The number of rotatable bonds is 3. The van der Waals surface area contributed by atoms with Gasteiger partial charge in [0.1, 0.15) is 0 Å². The predicted octanol–water partition coefficient (Wildman–Crippen LogP) is 12.8. The van der Waals surface area contributed by atoms with Crippen LogP contribution in [-0.4, -0.2) is 23.9 Å². The summed E-state index contributed by atoms with van der Waals surface area (Å²) < 4.78 is 0. The molecule has 12 rings (SSSR count). The molecule has 4 heteroatoms. The van der Waals surface area contributed by atoms with E-state index in [0.717, 1.165) is 31.6 Å². The second kappa shape index (κ2) is 13.9. The van der Waals surface area contributed by atoms with Crippen molar-refractivity contribution in [3.05, 3.63) is 215 Å². The maximum Gasteiger partial charge on any atom is 0.211 e. The molecule has 0 saturated heterocycles. The van der Waals surface area contributed by atoms with Crippen LogP contribution >= 0.6 is 0 Å². The van der Waals surface area contributed by atoms with Crippen LogP contribution in [-0.2, 0) is 0 Å². The van der Waals surface area contributed by atoms with Gasteiger partial charge in [0, 0.05) is 53.0 Å². The molecule has 0 fully saturated rings. The van der Waals surface area contributed by atoms with Gasteiger partial charge in [-0.2, -0.15) is 0 Å². The number of hydrogen-bond donors (Lipinski definition) is 0. The molecule has 0 bridgehead atoms. The zero-order chi connectivity index (χ0) is 39.0. The van der Waals surface area contributed by atoms with Crippen molar-refractivity contribution in [3.8, 4) is 0 Å². The summed E-state index contributed by atoms with van der Waals surface area (Å²) in [7, 11) is 2.30. The van der Waals surface area contributed by atoms with Crippen molar-refractivity contribution in [1.82, 2.24) is 4.90 Å². The maximum absolute atomic E-state index is 5.74. The highest BCUT2D eigenvalue weighted by Gasteiger charge is 2.46. The lowest BCUT2D eigenvalue weighted by Gasteiger charge is -2.44. The minimum atomic E-state index is 0.112. The van der Waals surface area contributed by atoms with Gasteiger partial charge >= 0.3 is 0 Å². The van der Waals surface area contributed by atoms with Crippen LogP contribution in [0.3, 0.4) is 0 Å². The summed E-state index contributed by atoms with van der Waals surface area (Å²) in [5.74, 6) is 2.07. The molecule has 0 radical (unpaired) electrons. The Bertz CT molecular complexity index is 2780. The molecule has 4 aromatic rings. The minimum absolute atomic E-state index is 0.112. The van der Waals surface area contributed by atoms with E-state index < -0.39 is 0 Å². The molecule has 4 nitrogen and oxygen atoms in total. The van der Waals surface area contributed by atoms with Crippen LogP contribution in [0, 0.1) is 17.8 Å². The molecule has 8 aliphatic rings. The molecule has 0 N–H and O–H groups in total. The van der Waals surface area contributed by atoms with Gasteiger partial charge in [0.25, 0.3) is 0 Å². The van der Waals surface area contributed by atoms with E-state index in [2.05, 4.69) is 192 Å². The van der Waals surface area contributed by atoms with Crippen molar-refractivity contribution in [3.63, 3.8) is 0 Å². The first-order valence-electron chi connectivity index (χ1n) is 21.8. The zero-order valence-electron chi connectivity index (χ0n) is 33.6. The highest BCUT2D eigenvalue weighted by molar-refractivity contribution is 6.07. The van der Waals surface area contributed by atoms with Crippen molar-refractivity contribution in [2.24, 2.45) is 22.7 Å². The fraction of sp³-hybridized carbons (Fsp3) is 0.218. The van der Waals surface area contributed by atoms with E-state index in [-0.39, 0.29) is 18.0 Å². The first-order chi connectivity index (χ1) is 29.2. The van der Waals surface area contributed by atoms with Gasteiger partial charge in [-0.05, 0) is 95.3 Å². The monoisotopic (exact) mass is 764 g/mol. The second-order valence-electron chi connectivity index (χ2n) is 17.2. The van der Waals surface area contributed by atoms with Crippen molar-refractivity contribution in [2.75, 3.05) is 16.8 Å². The minimum Gasteiger partial charge on any atom is -0.334 e. The molecular weight excluding hydrogens is 717 g/mol. The van der Waals surface area contributed by atoms with Crippen LogP contribution < -0.4 is 9.80 Å². The second-order valence-corrected chi connectivity index (χ2v) is 17.2. The van der Waals surface area contributed by atoms with Crippen molar-refractivity contribution < 1.29 is 0 Å². The van der Waals surface area contributed by atoms with Crippen LogP contribution in [0.15, 0.2) is 203 Å². The van der Waals surface area contributed by atoms with E-state index in [9.17, 15) is 0 Å². The van der Waals surface area contributed by atoms with E-state index in [1.54, 1.807) is 0 Å². The Labute approximate surface area is 348 Å². The third-order valence-electron chi connectivity index (χ3n) is 14.0. The normalized spacial score (nSPS) is 26.3. The van der Waals surface area contributed by atoms with E-state index in [0.29, 0.717) is 11.8 Å². The molecule has 0 spiro atoms. The summed E-state index contributed by atoms with van der Waals surface area (Å²) in [6.07, 6.45) is 36.6. The molecule has 4 unspecified atom stereocenters. The van der Waals surface area contributed by atoms with Crippen LogP contribution in [0.5, 0.6) is 0 Å². The third-order valence-corrected chi connectivity index (χ3v) is 14.0. The molecule has 288 valence electrons. The predicted molar refractivity (Wildman–Crippen MR) is 245 cm³/mol. The fourth-order valence-corrected chi connectivity index (χ4v) is 11.3. The Morgan fingerprint density at radius 2 is 1.47 bits per heavy atom. The average molecular weight is 765 g/mol. The molecule has 3 heterocycles. The van der Waals surface area contributed by atoms with Crippen LogP contribution in [0.1, 0.15) is 61.3 Å². The molecule has 0 aromatic heterocycles. The molecule has 3 aliphatic heterocycles. The number of guanidine groups is 1. The summed E-state index contributed by atoms with van der Waals surface area (Å²) in [6, 6.07) is 34.8. The smallest absolute Gasteiger partial charge is 0.211 e. The van der Waals surface area contributed by atoms with Crippen molar-refractivity contribution in [1.29, 1.82) is 0 Å². The zero-order valence-corrected chi connectivity index (χ0v) is 33.6. The Morgan fingerprint density at radius 1 is 0.695 bits per heavy atom. The number of para-hydroxylation sites is 1. The lowest BCUT2D eigenvalue weighted by molar-refractivity contribution is 0.380. The molecule has 5 atom stereocenters. The van der Waals surface area contributed by atoms with E-state index in [1.165, 1.54) is 91.1 Å². The molecule has 5 aliphatic carbocycles. The van der Waals surface area contributed by atoms with Gasteiger partial charge < -0.3 is 9.80 Å². The molecular formula is C55H48N4. The van der Waals surface area contributed by atoms with Gasteiger partial charge in [-0.25, -0.2) is 4.99 Å². The van der Waals surface area contributed by atoms with Crippen LogP contribution in [0.4, 0.5) is 11.4 Å². The van der Waals surface area contributed by atoms with Gasteiger partial charge in [0.2, 0.25) is 5.96 Å². The molecule has 4 aromatic carbocycles. The lowest BCUT2D eigenvalue weighted by atomic mass is 9.77. The first-order valence-corrected chi connectivity index (χ1v) is 21.8. The Kier molecular flexibility index (Phi) is 8.14. The quantitative estimate of drug-likeness (QED) is 0.207. The van der Waals surface area contributed by atoms with Crippen LogP contribution in [0.25, 0.3) is 22.0 Å². The van der Waals surface area contributed by atoms with E-state index in [1.807, 2.05) is 0 Å². The Hall–Kier alpha value is -6.39. The van der Waals surface area contributed by atoms with Gasteiger partial charge in [-0.1, -0.05) is 152 Å². The molecule has 0 amide bonds. The highest BCUT2D eigenvalue weighted by Crippen LogP contribution is 2.55. The summed E-state index contributed by atoms with van der Waals surface area (Å²) in [6.45, 7) is 0. The van der Waals surface area contributed by atoms with Crippen LogP contribution in [0.2, 0.25) is 0 Å². The highest BCUT2D eigenvalue weighted by atomic mass is 15.4. The summed E-state index contributed by atoms with van der Waals surface area (Å²) in [5, 5.41) is 2.53. The topological polar surface area (TPSA) is 22.1 Å². The number of nitrogens with zero attached hydrogens (tertiary/aromatic N) is 4. The Balaban J connectivity index is 1.00. The third kappa shape index (κ3) is 5.45. The number of benzene rings is 4. The van der Waals surface area contributed by atoms with Gasteiger partial charge in [0.15, 0.2) is 0 Å². The van der Waals surface area contributed by atoms with Gasteiger partial charge in [-0.15, -0.1) is 0 Å². The number of allylic oxidation sites excluding steroid dienone is 15. The molecule has 59 heavy (non-hydrogen) atoms. The average Bonchev–Trinajstić information content (AvgIpc) is 3.58. The maximum atomic E-state index is 5.74. The first kappa shape index (κ1) is 34.6. The summed E-state index contributed by atoms with van der Waals surface area (Å²) in [4.78, 5) is 13.5. The molecule has 0 saturated carbocycles.